The van der Waals surface area contributed by atoms with Gasteiger partial charge in [-0.25, -0.2) is 4.98 Å². The van der Waals surface area contributed by atoms with E-state index in [9.17, 15) is 0 Å². The van der Waals surface area contributed by atoms with Crippen LogP contribution in [0.25, 0.3) is 0 Å². The molecule has 2 atom stereocenters. The van der Waals surface area contributed by atoms with Gasteiger partial charge in [0.05, 0.1) is 11.7 Å². The molecule has 1 saturated heterocycles. The Kier molecular flexibility index (Phi) is 4.06. The van der Waals surface area contributed by atoms with E-state index in [-0.39, 0.29) is 5.41 Å². The number of nitrogens with one attached hydrogen (secondary N) is 1. The van der Waals surface area contributed by atoms with Gasteiger partial charge in [-0.3, -0.25) is 0 Å². The van der Waals surface area contributed by atoms with Crippen LogP contribution in [-0.2, 0) is 4.74 Å². The average Bonchev–Trinajstić information content (AvgIpc) is 2.85. The van der Waals surface area contributed by atoms with Gasteiger partial charge in [0.25, 0.3) is 0 Å². The first-order valence-electron chi connectivity index (χ1n) is 6.72. The number of nitriles is 1. The molecule has 1 aliphatic heterocycles. The van der Waals surface area contributed by atoms with Crippen LogP contribution >= 0.6 is 0 Å². The summed E-state index contributed by atoms with van der Waals surface area (Å²) >= 11 is 0. The quantitative estimate of drug-likeness (QED) is 0.906. The van der Waals surface area contributed by atoms with Crippen molar-refractivity contribution in [2.24, 2.45) is 11.3 Å². The minimum atomic E-state index is 0.168. The minimum Gasteiger partial charge on any atom is -0.377 e. The van der Waals surface area contributed by atoms with Crippen LogP contribution < -0.4 is 5.32 Å². The number of rotatable bonds is 3. The van der Waals surface area contributed by atoms with E-state index in [2.05, 4.69) is 37.1 Å². The van der Waals surface area contributed by atoms with Crippen LogP contribution in [0.3, 0.4) is 0 Å². The SMILES string of the molecule is CC(C)(C)[C@H]1OCC[C@@H]1CNc1ccc(C#N)cn1. The van der Waals surface area contributed by atoms with E-state index in [1.54, 1.807) is 12.3 Å². The number of pyridine rings is 1. The van der Waals surface area contributed by atoms with Gasteiger partial charge in [-0.15, -0.1) is 0 Å². The van der Waals surface area contributed by atoms with Crippen molar-refractivity contribution in [1.82, 2.24) is 4.98 Å². The van der Waals surface area contributed by atoms with Gasteiger partial charge >= 0.3 is 0 Å². The fourth-order valence-electron chi connectivity index (χ4n) is 2.60. The topological polar surface area (TPSA) is 57.9 Å². The second-order valence-electron chi connectivity index (χ2n) is 6.13. The number of ether oxygens (including phenoxy) is 1. The molecule has 1 fully saturated rings. The van der Waals surface area contributed by atoms with Crippen molar-refractivity contribution in [2.45, 2.75) is 33.3 Å². The Labute approximate surface area is 114 Å². The molecule has 0 bridgehead atoms. The zero-order valence-electron chi connectivity index (χ0n) is 11.8. The van der Waals surface area contributed by atoms with Gasteiger partial charge in [0.2, 0.25) is 0 Å². The van der Waals surface area contributed by atoms with E-state index in [1.807, 2.05) is 6.07 Å². The highest BCUT2D eigenvalue weighted by Crippen LogP contribution is 2.34. The molecule has 4 nitrogen and oxygen atoms in total. The molecule has 0 spiro atoms. The smallest absolute Gasteiger partial charge is 0.125 e. The Balaban J connectivity index is 1.93. The second kappa shape index (κ2) is 5.58. The van der Waals surface area contributed by atoms with Crippen molar-refractivity contribution >= 4 is 5.82 Å². The summed E-state index contributed by atoms with van der Waals surface area (Å²) in [5.74, 6) is 1.33. The van der Waals surface area contributed by atoms with Gasteiger partial charge in [-0.05, 0) is 24.0 Å². The highest BCUT2D eigenvalue weighted by Gasteiger charge is 2.36. The molecule has 19 heavy (non-hydrogen) atoms. The molecule has 1 aromatic heterocycles. The number of hydrogen-bond donors (Lipinski definition) is 1. The summed E-state index contributed by atoms with van der Waals surface area (Å²) in [4.78, 5) is 4.22. The molecular formula is C15H21N3O. The van der Waals surface area contributed by atoms with E-state index in [0.717, 1.165) is 25.4 Å². The third kappa shape index (κ3) is 3.45. The molecule has 0 radical (unpaired) electrons. The van der Waals surface area contributed by atoms with E-state index in [4.69, 9.17) is 10.00 Å². The maximum atomic E-state index is 8.73. The predicted octanol–water partition coefficient (Wildman–Crippen LogP) is 2.82. The summed E-state index contributed by atoms with van der Waals surface area (Å²) in [6.07, 6.45) is 2.97. The molecule has 1 aliphatic rings. The van der Waals surface area contributed by atoms with Crippen LogP contribution in [-0.4, -0.2) is 24.2 Å². The zero-order valence-corrected chi connectivity index (χ0v) is 11.8. The van der Waals surface area contributed by atoms with Gasteiger partial charge < -0.3 is 10.1 Å². The lowest BCUT2D eigenvalue weighted by Crippen LogP contribution is -2.34. The monoisotopic (exact) mass is 259 g/mol. The minimum absolute atomic E-state index is 0.168. The maximum Gasteiger partial charge on any atom is 0.125 e. The second-order valence-corrected chi connectivity index (χ2v) is 6.13. The first-order valence-corrected chi connectivity index (χ1v) is 6.72. The van der Waals surface area contributed by atoms with E-state index < -0.39 is 0 Å². The lowest BCUT2D eigenvalue weighted by molar-refractivity contribution is 0.00956. The third-order valence-electron chi connectivity index (χ3n) is 3.51. The number of aromatic nitrogens is 1. The molecule has 1 N–H and O–H groups in total. The predicted molar refractivity (Wildman–Crippen MR) is 74.7 cm³/mol. The van der Waals surface area contributed by atoms with Gasteiger partial charge in [-0.2, -0.15) is 5.26 Å². The van der Waals surface area contributed by atoms with Crippen molar-refractivity contribution in [2.75, 3.05) is 18.5 Å². The molecule has 2 heterocycles. The molecule has 0 unspecified atom stereocenters. The molecule has 0 saturated carbocycles. The molecule has 0 aromatic carbocycles. The van der Waals surface area contributed by atoms with Crippen LogP contribution in [0.4, 0.5) is 5.82 Å². The Hall–Kier alpha value is -1.60. The summed E-state index contributed by atoms with van der Waals surface area (Å²) in [5.41, 5.74) is 0.753. The average molecular weight is 259 g/mol. The molecule has 0 aliphatic carbocycles. The first-order chi connectivity index (χ1) is 9.00. The Morgan fingerprint density at radius 2 is 2.26 bits per heavy atom. The van der Waals surface area contributed by atoms with Crippen molar-refractivity contribution in [1.29, 1.82) is 5.26 Å². The molecule has 4 heteroatoms. The van der Waals surface area contributed by atoms with Crippen molar-refractivity contribution in [3.05, 3.63) is 23.9 Å². The van der Waals surface area contributed by atoms with Crippen LogP contribution in [0.2, 0.25) is 0 Å². The van der Waals surface area contributed by atoms with Crippen LogP contribution in [0.15, 0.2) is 18.3 Å². The van der Waals surface area contributed by atoms with Gasteiger partial charge in [0, 0.05) is 25.3 Å². The summed E-state index contributed by atoms with van der Waals surface area (Å²) in [6.45, 7) is 8.36. The fourth-order valence-corrected chi connectivity index (χ4v) is 2.60. The standard InChI is InChI=1S/C15H21N3O/c1-15(2,3)14-12(6-7-19-14)10-18-13-5-4-11(8-16)9-17-13/h4-5,9,12,14H,6-7,10H2,1-3H3,(H,17,18)/t12-,14+/m1/s1. The maximum absolute atomic E-state index is 8.73. The van der Waals surface area contributed by atoms with Crippen molar-refractivity contribution in [3.8, 4) is 6.07 Å². The number of nitrogens with zero attached hydrogens (tertiary/aromatic N) is 2. The summed E-state index contributed by atoms with van der Waals surface area (Å²) in [6, 6.07) is 5.70. The molecule has 1 aromatic rings. The largest absolute Gasteiger partial charge is 0.377 e. The van der Waals surface area contributed by atoms with Gasteiger partial charge in [0.15, 0.2) is 0 Å². The Morgan fingerprint density at radius 1 is 1.47 bits per heavy atom. The molecule has 0 amide bonds. The summed E-state index contributed by atoms with van der Waals surface area (Å²) in [5, 5.41) is 12.1. The zero-order chi connectivity index (χ0) is 13.9. The normalized spacial score (nSPS) is 23.1. The van der Waals surface area contributed by atoms with Crippen molar-refractivity contribution < 1.29 is 4.74 Å². The van der Waals surface area contributed by atoms with Crippen molar-refractivity contribution in [3.63, 3.8) is 0 Å². The highest BCUT2D eigenvalue weighted by atomic mass is 16.5. The lowest BCUT2D eigenvalue weighted by Gasteiger charge is -2.31. The van der Waals surface area contributed by atoms with E-state index in [1.165, 1.54) is 0 Å². The summed E-state index contributed by atoms with van der Waals surface area (Å²) < 4.78 is 5.85. The summed E-state index contributed by atoms with van der Waals surface area (Å²) in [7, 11) is 0. The fraction of sp³-hybridized carbons (Fsp3) is 0.600. The molecule has 102 valence electrons. The molecule has 2 rings (SSSR count). The number of anilines is 1. The lowest BCUT2D eigenvalue weighted by atomic mass is 9.81. The van der Waals surface area contributed by atoms with E-state index >= 15 is 0 Å². The first kappa shape index (κ1) is 13.8. The highest BCUT2D eigenvalue weighted by molar-refractivity contribution is 5.38. The van der Waals surface area contributed by atoms with Gasteiger partial charge in [-0.1, -0.05) is 20.8 Å². The van der Waals surface area contributed by atoms with Crippen LogP contribution in [0.1, 0.15) is 32.8 Å². The van der Waals surface area contributed by atoms with Crippen LogP contribution in [0, 0.1) is 22.7 Å². The Morgan fingerprint density at radius 3 is 2.84 bits per heavy atom. The Bertz CT molecular complexity index is 456. The van der Waals surface area contributed by atoms with Crippen LogP contribution in [0.5, 0.6) is 0 Å². The number of hydrogen-bond acceptors (Lipinski definition) is 4. The third-order valence-corrected chi connectivity index (χ3v) is 3.51. The molecular weight excluding hydrogens is 238 g/mol. The van der Waals surface area contributed by atoms with Gasteiger partial charge in [0.1, 0.15) is 11.9 Å². The van der Waals surface area contributed by atoms with E-state index in [0.29, 0.717) is 17.6 Å².